The standard InChI is InChI=1S/6C17H22N6O/c6*1-11-5-6-23(15(24)8-18-3)9-14(11)22(4)17-13-7-12(2)21-16(13)19-10-20-17/h6*7,10-11,14H,5-6,8-9H2,1-2,4H3,(H,19,20,21)/t6*11-,14+/m111111/s1/i1D3,4D3,7D,10D,11D,14D;4D3,7D,10D,11D,14D;1D3,4D3,7D,10D,14D;7D,10D,11D;1D3,7D,10D;7D,10D. The first kappa shape index (κ1) is 66.9. The zero-order chi connectivity index (χ0) is 135. The van der Waals surface area contributed by atoms with E-state index in [1.54, 1.807) is 68.3 Å². The van der Waals surface area contributed by atoms with Gasteiger partial charge in [0.1, 0.15) is 115 Å². The maximum Gasteiger partial charge on any atom is 0.302 e. The minimum atomic E-state index is -3.27. The smallest absolute Gasteiger partial charge is 0.302 e. The topological polar surface area (TPSA) is 417 Å². The third kappa shape index (κ3) is 24.5. The van der Waals surface area contributed by atoms with Gasteiger partial charge in [-0.1, -0.05) is 41.3 Å². The summed E-state index contributed by atoms with van der Waals surface area (Å²) in [5.74, 6) is -9.96. The molecule has 144 heavy (non-hydrogen) atoms. The summed E-state index contributed by atoms with van der Waals surface area (Å²) in [6.45, 7) is 37.3. The minimum absolute atomic E-state index is 0.00528. The van der Waals surface area contributed by atoms with Crippen molar-refractivity contribution in [2.24, 2.45) is 35.4 Å². The highest BCUT2D eigenvalue weighted by Gasteiger charge is 2.41. The number of likely N-dealkylation sites (tertiary alicyclic amines) is 6. The van der Waals surface area contributed by atoms with Crippen molar-refractivity contribution in [1.29, 1.82) is 0 Å². The lowest BCUT2D eigenvalue weighted by Gasteiger charge is -2.41. The molecule has 0 saturated carbocycles. The highest BCUT2D eigenvalue weighted by molar-refractivity contribution is 5.94. The molecule has 756 valence electrons. The van der Waals surface area contributed by atoms with E-state index < -0.39 is 195 Å². The number of hydrogen-bond acceptors (Lipinski definition) is 24. The number of carbonyl (C=O) groups excluding carboxylic acids is 6. The van der Waals surface area contributed by atoms with Crippen molar-refractivity contribution >= 4 is 137 Å². The van der Waals surface area contributed by atoms with E-state index in [0.29, 0.717) is 132 Å². The predicted molar refractivity (Wildman–Crippen MR) is 556 cm³/mol. The molecular weight excluding hydrogens is 1830 g/mol. The van der Waals surface area contributed by atoms with Crippen molar-refractivity contribution in [3.63, 3.8) is 0 Å². The molecule has 0 bridgehead atoms. The Kier molecular flexibility index (Phi) is 22.2. The van der Waals surface area contributed by atoms with Crippen LogP contribution in [0.5, 0.6) is 0 Å². The lowest BCUT2D eigenvalue weighted by atomic mass is 9.92. The van der Waals surface area contributed by atoms with Crippen molar-refractivity contribution in [3.05, 3.63) is 177 Å². The number of fused-ring (bicyclic) bond motifs is 6. The largest absolute Gasteiger partial charge is 0.354 e. The summed E-state index contributed by atoms with van der Waals surface area (Å²) in [6.07, 6.45) is -1.50. The van der Waals surface area contributed by atoms with Crippen LogP contribution in [0.2, 0.25) is 0 Å². The Morgan fingerprint density at radius 1 is 0.312 bits per heavy atom. The van der Waals surface area contributed by atoms with Gasteiger partial charge in [0.05, 0.1) is 80.8 Å². The van der Waals surface area contributed by atoms with Crippen LogP contribution in [0.1, 0.15) is 163 Å². The van der Waals surface area contributed by atoms with Crippen molar-refractivity contribution in [2.45, 2.75) is 158 Å². The number of likely N-dealkylation sites (N-methyl/N-ethyl adjacent to an activating group) is 6. The monoisotopic (exact) mass is 1990 g/mol. The zero-order valence-electron chi connectivity index (χ0n) is 117. The van der Waals surface area contributed by atoms with Gasteiger partial charge < -0.3 is 118 Å². The van der Waals surface area contributed by atoms with E-state index in [-0.39, 0.29) is 195 Å². The molecule has 12 aromatic heterocycles. The molecule has 6 fully saturated rings. The Morgan fingerprint density at radius 2 is 0.542 bits per heavy atom. The molecule has 0 aliphatic carbocycles. The van der Waals surface area contributed by atoms with Crippen LogP contribution in [-0.2, 0) is 28.8 Å². The highest BCUT2D eigenvalue weighted by atomic mass is 16.2. The maximum absolute atomic E-state index is 12.5. The van der Waals surface area contributed by atoms with Crippen LogP contribution >= 0.6 is 0 Å². The molecule has 6 aliphatic rings. The highest BCUT2D eigenvalue weighted by Crippen LogP contribution is 2.38. The quantitative estimate of drug-likeness (QED) is 0.0435. The second kappa shape index (κ2) is 47.7. The average molecular weight is 1990 g/mol. The second-order valence-corrected chi connectivity index (χ2v) is 35.1. The molecule has 12 atom stereocenters. The van der Waals surface area contributed by atoms with Gasteiger partial charge >= 0.3 is 35.4 Å². The normalized spacial score (nSPS) is 28.0. The summed E-state index contributed by atoms with van der Waals surface area (Å²) < 4.78 is 297. The molecule has 12 aromatic rings. The first-order valence-electron chi connectivity index (χ1n) is 63.6. The summed E-state index contributed by atoms with van der Waals surface area (Å²) in [4.78, 5) is 173. The van der Waals surface area contributed by atoms with E-state index in [9.17, 15) is 31.5 Å². The Labute approximate surface area is 890 Å². The van der Waals surface area contributed by atoms with Gasteiger partial charge in [-0.3, -0.25) is 28.8 Å². The van der Waals surface area contributed by atoms with Crippen LogP contribution < -0.4 is 29.4 Å². The van der Waals surface area contributed by atoms with Crippen LogP contribution in [0, 0.1) is 116 Å². The number of aromatic nitrogens is 18. The zero-order valence-corrected chi connectivity index (χ0v) is 81.3. The first-order chi connectivity index (χ1) is 83.3. The van der Waals surface area contributed by atoms with Crippen LogP contribution in [0.15, 0.2) is 74.1 Å². The van der Waals surface area contributed by atoms with E-state index in [4.69, 9.17) is 86.0 Å². The van der Waals surface area contributed by atoms with Gasteiger partial charge in [0.2, 0.25) is 0 Å². The number of H-pyrrole nitrogens is 6. The first-order valence-corrected chi connectivity index (χ1v) is 45.6. The number of aryl methyl sites for hydroxylation is 6. The van der Waals surface area contributed by atoms with Crippen molar-refractivity contribution < 1.29 is 78.1 Å². The van der Waals surface area contributed by atoms with Crippen molar-refractivity contribution in [2.75, 3.05) is 189 Å². The summed E-state index contributed by atoms with van der Waals surface area (Å²) >= 11 is 0. The molecule has 0 unspecified atom stereocenters. The predicted octanol–water partition coefficient (Wildman–Crippen LogP) is 11.2. The fourth-order valence-electron chi connectivity index (χ4n) is 17.5. The molecule has 6 amide bonds. The number of anilines is 6. The Balaban J connectivity index is 0.000000176. The van der Waals surface area contributed by atoms with Crippen molar-refractivity contribution in [1.82, 2.24) is 119 Å². The molecule has 6 saturated heterocycles. The molecule has 0 radical (unpaired) electrons. The maximum atomic E-state index is 12.5. The van der Waals surface area contributed by atoms with Crippen LogP contribution in [0.4, 0.5) is 34.9 Å². The van der Waals surface area contributed by atoms with Gasteiger partial charge in [-0.2, -0.15) is 0 Å². The molecule has 6 aliphatic heterocycles. The van der Waals surface area contributed by atoms with Gasteiger partial charge in [0, 0.05) is 184 Å². The summed E-state index contributed by atoms with van der Waals surface area (Å²) in [5.41, 5.74) is 4.13. The van der Waals surface area contributed by atoms with E-state index in [1.165, 1.54) is 23.6 Å². The molecule has 42 heteroatoms. The number of nitrogens with zero attached hydrogens (tertiary/aromatic N) is 30. The van der Waals surface area contributed by atoms with Crippen LogP contribution in [0.25, 0.3) is 95.3 Å². The molecule has 6 N–H and O–H groups in total. The van der Waals surface area contributed by atoms with Gasteiger partial charge in [0.25, 0.3) is 39.3 Å². The number of rotatable bonds is 18. The van der Waals surface area contributed by atoms with E-state index in [0.717, 1.165) is 16.2 Å². The average Bonchev–Trinajstić information content (AvgIpc) is 1.04. The lowest BCUT2D eigenvalue weighted by molar-refractivity contribution is -0.131. The summed E-state index contributed by atoms with van der Waals surface area (Å²) in [6, 6.07) is -8.17. The van der Waals surface area contributed by atoms with Gasteiger partial charge in [-0.05, 0) is 152 Å². The number of hydrogen-bond donors (Lipinski definition) is 6. The molecular formula is C102H132N36O6. The Morgan fingerprint density at radius 3 is 0.833 bits per heavy atom. The molecule has 18 rings (SSSR count). The van der Waals surface area contributed by atoms with Crippen LogP contribution in [-0.4, -0.2) is 351 Å². The van der Waals surface area contributed by atoms with E-state index in [2.05, 4.69) is 126 Å². The fraction of sp³-hybridized carbons (Fsp3) is 0.529. The molecule has 42 nitrogen and oxygen atoms in total. The molecule has 0 aromatic carbocycles. The third-order valence-electron chi connectivity index (χ3n) is 25.3. The third-order valence-corrected chi connectivity index (χ3v) is 25.3. The Bertz CT molecular complexity index is 8720. The summed E-state index contributed by atoms with van der Waals surface area (Å²) in [7, 11) is 5.31. The number of carbonyl (C=O) groups is 6. The molecule has 0 spiro atoms. The fourth-order valence-corrected chi connectivity index (χ4v) is 17.5. The summed E-state index contributed by atoms with van der Waals surface area (Å²) in [5, 5.41) is 1.31. The van der Waals surface area contributed by atoms with Gasteiger partial charge in [0.15, 0.2) is 0 Å². The second-order valence-electron chi connectivity index (χ2n) is 35.1. The minimum Gasteiger partial charge on any atom is -0.354 e. The number of amides is 6. The van der Waals surface area contributed by atoms with E-state index in [1.807, 2.05) is 18.9 Å². The molecule has 18 heterocycles. The Hall–Kier alpha value is -15.7. The number of piperidine rings is 6. The van der Waals surface area contributed by atoms with Gasteiger partial charge in [-0.15, -0.1) is 0 Å². The van der Waals surface area contributed by atoms with E-state index >= 15 is 0 Å². The van der Waals surface area contributed by atoms with Gasteiger partial charge in [-0.25, -0.2) is 99.2 Å². The SMILES string of the molecule is [2H]c1nc(N(C([2H])([2H])[2H])[C@@]2([2H])CN(C(=O)C[N+]#[C-])CC[C@@]2([2H])C([2H])([2H])[2H])c2c([2H])c(C)[nH]c2n1.[2H]c1nc(N(C([2H])([2H])[2H])[C@@]2([2H])CN(C(=O)C[N+]#[C-])CC[C@@]2([2H])C)c2c([2H])c(C)[nH]c2n1.[2H]c1nc(N(C([2H])([2H])[2H])[C@@]2([2H])CN(C(=O)C[N+]#[C-])CC[C@H]2C([2H])([2H])[2H])c2c([2H])c(C)[nH]c2n1.[2H]c1nc(N(C)[C@H]2CN(C(=O)C[N+]#[C-])CC[C@@]2([2H])C)c2c([2H])c(C)[nH]c2n1.[2H]c1nc(N(C)[C@H]2CN(C(=O)C[N+]#[C-])CC[C@H]2C([2H])([2H])[2H])c2c([2H])c(C)[nH]c2n1.[2H]c1nc(N(C)[C@H]2CN(C(=O)C[N+]#[C-])CC[C@H]2C)c2c([2H])c(C)[nH]c2n1. The lowest BCUT2D eigenvalue weighted by Crippen LogP contribution is -2.53. The number of nitrogens with one attached hydrogen (secondary N) is 6. The number of aromatic amines is 6. The van der Waals surface area contributed by atoms with Crippen molar-refractivity contribution in [3.8, 4) is 0 Å². The van der Waals surface area contributed by atoms with Crippen LogP contribution in [0.3, 0.4) is 0 Å².